The van der Waals surface area contributed by atoms with Crippen molar-refractivity contribution in [2.24, 2.45) is 0 Å². The van der Waals surface area contributed by atoms with Crippen LogP contribution in [-0.2, 0) is 0 Å². The molecule has 0 aliphatic carbocycles. The van der Waals surface area contributed by atoms with Crippen LogP contribution in [0.25, 0.3) is 11.1 Å². The molecule has 2 N–H and O–H groups in total. The first kappa shape index (κ1) is 16.8. The predicted octanol–water partition coefficient (Wildman–Crippen LogP) is 2.88. The summed E-state index contributed by atoms with van der Waals surface area (Å²) in [5.74, 6) is 0.867. The number of rotatable bonds is 5. The lowest BCUT2D eigenvalue weighted by Gasteiger charge is -2.32. The molecule has 130 valence electrons. The van der Waals surface area contributed by atoms with E-state index in [-0.39, 0.29) is 24.6 Å². The highest BCUT2D eigenvalue weighted by Crippen LogP contribution is 2.29. The lowest BCUT2D eigenvalue weighted by atomic mass is 9.98. The maximum atomic E-state index is 12.4. The SMILES string of the molecule is CC(CCCO)NC(=O)N1CCCC(c2nc3ccccc3o2)C1. The molecular formula is C18H25N3O3. The number of para-hydroxylation sites is 2. The highest BCUT2D eigenvalue weighted by Gasteiger charge is 2.28. The van der Waals surface area contributed by atoms with E-state index in [0.29, 0.717) is 13.0 Å². The molecule has 24 heavy (non-hydrogen) atoms. The van der Waals surface area contributed by atoms with Crippen molar-refractivity contribution in [3.05, 3.63) is 30.2 Å². The van der Waals surface area contributed by atoms with Gasteiger partial charge in [-0.25, -0.2) is 9.78 Å². The first-order chi connectivity index (χ1) is 11.7. The fourth-order valence-corrected chi connectivity index (χ4v) is 3.20. The Hall–Kier alpha value is -2.08. The van der Waals surface area contributed by atoms with E-state index < -0.39 is 0 Å². The highest BCUT2D eigenvalue weighted by molar-refractivity contribution is 5.75. The lowest BCUT2D eigenvalue weighted by Crippen LogP contribution is -2.47. The number of urea groups is 1. The molecule has 3 rings (SSSR count). The molecule has 0 saturated carbocycles. The van der Waals surface area contributed by atoms with Gasteiger partial charge in [-0.1, -0.05) is 12.1 Å². The average molecular weight is 331 g/mol. The summed E-state index contributed by atoms with van der Waals surface area (Å²) in [7, 11) is 0. The number of aromatic nitrogens is 1. The van der Waals surface area contributed by atoms with E-state index in [4.69, 9.17) is 9.52 Å². The van der Waals surface area contributed by atoms with Gasteiger partial charge in [0.1, 0.15) is 5.52 Å². The number of nitrogens with one attached hydrogen (secondary N) is 1. The third-order valence-electron chi connectivity index (χ3n) is 4.53. The molecule has 2 aromatic rings. The number of aliphatic hydroxyl groups is 1. The fraction of sp³-hybridized carbons (Fsp3) is 0.556. The molecule has 1 fully saturated rings. The first-order valence-corrected chi connectivity index (χ1v) is 8.69. The Labute approximate surface area is 141 Å². The number of piperidine rings is 1. The van der Waals surface area contributed by atoms with E-state index in [1.54, 1.807) is 0 Å². The number of amides is 2. The maximum absolute atomic E-state index is 12.4. The van der Waals surface area contributed by atoms with E-state index >= 15 is 0 Å². The third-order valence-corrected chi connectivity index (χ3v) is 4.53. The summed E-state index contributed by atoms with van der Waals surface area (Å²) < 4.78 is 5.87. The second-order valence-electron chi connectivity index (χ2n) is 6.52. The molecular weight excluding hydrogens is 306 g/mol. The van der Waals surface area contributed by atoms with Gasteiger partial charge in [-0.05, 0) is 44.7 Å². The second kappa shape index (κ2) is 7.66. The number of nitrogens with zero attached hydrogens (tertiary/aromatic N) is 2. The Kier molecular flexibility index (Phi) is 5.35. The van der Waals surface area contributed by atoms with Crippen LogP contribution in [0.15, 0.2) is 28.7 Å². The van der Waals surface area contributed by atoms with Crippen molar-refractivity contribution < 1.29 is 14.3 Å². The minimum absolute atomic E-state index is 0.0405. The Morgan fingerprint density at radius 2 is 2.33 bits per heavy atom. The molecule has 0 radical (unpaired) electrons. The molecule has 2 unspecified atom stereocenters. The van der Waals surface area contributed by atoms with Crippen molar-refractivity contribution in [1.82, 2.24) is 15.2 Å². The average Bonchev–Trinajstić information content (AvgIpc) is 3.04. The Bertz CT molecular complexity index is 652. The van der Waals surface area contributed by atoms with Gasteiger partial charge in [-0.3, -0.25) is 0 Å². The summed E-state index contributed by atoms with van der Waals surface area (Å²) in [6.07, 6.45) is 3.41. The van der Waals surface area contributed by atoms with Crippen molar-refractivity contribution in [3.63, 3.8) is 0 Å². The number of benzene rings is 1. The molecule has 6 nitrogen and oxygen atoms in total. The summed E-state index contributed by atoms with van der Waals surface area (Å²) >= 11 is 0. The van der Waals surface area contributed by atoms with Crippen LogP contribution in [0.3, 0.4) is 0 Å². The first-order valence-electron chi connectivity index (χ1n) is 8.69. The van der Waals surface area contributed by atoms with Crippen LogP contribution in [0.2, 0.25) is 0 Å². The molecule has 1 aliphatic heterocycles. The number of aliphatic hydroxyl groups excluding tert-OH is 1. The molecule has 2 atom stereocenters. The van der Waals surface area contributed by atoms with Gasteiger partial charge in [0.15, 0.2) is 11.5 Å². The zero-order valence-corrected chi connectivity index (χ0v) is 14.1. The summed E-state index contributed by atoms with van der Waals surface area (Å²) in [5, 5.41) is 11.9. The van der Waals surface area contributed by atoms with Gasteiger partial charge in [0.25, 0.3) is 0 Å². The van der Waals surface area contributed by atoms with Crippen molar-refractivity contribution in [3.8, 4) is 0 Å². The zero-order chi connectivity index (χ0) is 16.9. The minimum Gasteiger partial charge on any atom is -0.440 e. The topological polar surface area (TPSA) is 78.6 Å². The number of carbonyl (C=O) groups is 1. The Balaban J connectivity index is 1.62. The molecule has 1 aliphatic rings. The van der Waals surface area contributed by atoms with Crippen LogP contribution in [0.4, 0.5) is 4.79 Å². The predicted molar refractivity (Wildman–Crippen MR) is 91.9 cm³/mol. The van der Waals surface area contributed by atoms with E-state index in [1.165, 1.54) is 0 Å². The summed E-state index contributed by atoms with van der Waals surface area (Å²) in [4.78, 5) is 18.8. The van der Waals surface area contributed by atoms with Crippen LogP contribution in [0.5, 0.6) is 0 Å². The van der Waals surface area contributed by atoms with Crippen molar-refractivity contribution in [2.75, 3.05) is 19.7 Å². The molecule has 2 amide bonds. The van der Waals surface area contributed by atoms with Crippen LogP contribution in [0, 0.1) is 0 Å². The molecule has 1 aromatic carbocycles. The van der Waals surface area contributed by atoms with Crippen LogP contribution in [0.1, 0.15) is 44.4 Å². The van der Waals surface area contributed by atoms with E-state index in [2.05, 4.69) is 10.3 Å². The van der Waals surface area contributed by atoms with Gasteiger partial charge in [-0.15, -0.1) is 0 Å². The second-order valence-corrected chi connectivity index (χ2v) is 6.52. The minimum atomic E-state index is -0.0405. The Morgan fingerprint density at radius 3 is 3.12 bits per heavy atom. The van der Waals surface area contributed by atoms with Crippen LogP contribution >= 0.6 is 0 Å². The number of carbonyl (C=O) groups excluding carboxylic acids is 1. The van der Waals surface area contributed by atoms with Crippen molar-refractivity contribution in [2.45, 2.75) is 44.6 Å². The van der Waals surface area contributed by atoms with E-state index in [9.17, 15) is 4.79 Å². The van der Waals surface area contributed by atoms with E-state index in [1.807, 2.05) is 36.1 Å². The fourth-order valence-electron chi connectivity index (χ4n) is 3.20. The standard InChI is InChI=1S/C18H25N3O3/c1-13(6-5-11-22)19-18(23)21-10-4-7-14(12-21)17-20-15-8-2-3-9-16(15)24-17/h2-3,8-9,13-14,22H,4-7,10-12H2,1H3,(H,19,23). The summed E-state index contributed by atoms with van der Waals surface area (Å²) in [6.45, 7) is 3.51. The lowest BCUT2D eigenvalue weighted by molar-refractivity contribution is 0.170. The van der Waals surface area contributed by atoms with Crippen LogP contribution < -0.4 is 5.32 Å². The van der Waals surface area contributed by atoms with Gasteiger partial charge < -0.3 is 19.7 Å². The van der Waals surface area contributed by atoms with E-state index in [0.717, 1.165) is 42.8 Å². The molecule has 6 heteroatoms. The smallest absolute Gasteiger partial charge is 0.317 e. The monoisotopic (exact) mass is 331 g/mol. The highest BCUT2D eigenvalue weighted by atomic mass is 16.3. The maximum Gasteiger partial charge on any atom is 0.317 e. The number of hydrogen-bond acceptors (Lipinski definition) is 4. The molecule has 0 bridgehead atoms. The number of likely N-dealkylation sites (tertiary alicyclic amines) is 1. The number of oxazole rings is 1. The van der Waals surface area contributed by atoms with Crippen LogP contribution in [-0.4, -0.2) is 46.8 Å². The molecule has 0 spiro atoms. The molecule has 2 heterocycles. The Morgan fingerprint density at radius 1 is 1.50 bits per heavy atom. The summed E-state index contributed by atoms with van der Waals surface area (Å²) in [5.41, 5.74) is 1.67. The third kappa shape index (κ3) is 3.87. The quantitative estimate of drug-likeness (QED) is 0.883. The largest absolute Gasteiger partial charge is 0.440 e. The number of fused-ring (bicyclic) bond motifs is 1. The van der Waals surface area contributed by atoms with Gasteiger partial charge in [-0.2, -0.15) is 0 Å². The van der Waals surface area contributed by atoms with Gasteiger partial charge in [0, 0.05) is 25.7 Å². The normalized spacial score (nSPS) is 19.4. The van der Waals surface area contributed by atoms with Gasteiger partial charge in [0.2, 0.25) is 0 Å². The van der Waals surface area contributed by atoms with Gasteiger partial charge in [0.05, 0.1) is 5.92 Å². The van der Waals surface area contributed by atoms with Crippen molar-refractivity contribution in [1.29, 1.82) is 0 Å². The summed E-state index contributed by atoms with van der Waals surface area (Å²) in [6, 6.07) is 7.77. The van der Waals surface area contributed by atoms with Crippen molar-refractivity contribution >= 4 is 17.1 Å². The molecule has 1 aromatic heterocycles. The zero-order valence-electron chi connectivity index (χ0n) is 14.1. The molecule has 1 saturated heterocycles. The number of hydrogen-bond donors (Lipinski definition) is 2. The van der Waals surface area contributed by atoms with Gasteiger partial charge >= 0.3 is 6.03 Å².